The number of amides is 3. The number of imide groups is 1. The Morgan fingerprint density at radius 2 is 2.29 bits per heavy atom. The SMILES string of the molecule is CC1CCc2c(sc3ncn(CC(=O)N4CCNC4=O)c(=O)c23)C1. The molecule has 2 aromatic heterocycles. The molecule has 1 aliphatic carbocycles. The fraction of sp³-hybridized carbons (Fsp3) is 0.500. The molecule has 1 N–H and O–H groups in total. The molecule has 8 heteroatoms. The summed E-state index contributed by atoms with van der Waals surface area (Å²) < 4.78 is 1.32. The van der Waals surface area contributed by atoms with Gasteiger partial charge in [-0.2, -0.15) is 0 Å². The lowest BCUT2D eigenvalue weighted by Crippen LogP contribution is -2.38. The number of aromatic nitrogens is 2. The van der Waals surface area contributed by atoms with Crippen LogP contribution < -0.4 is 10.9 Å². The zero-order valence-corrected chi connectivity index (χ0v) is 14.2. The Hall–Kier alpha value is -2.22. The number of fused-ring (bicyclic) bond motifs is 3. The predicted molar refractivity (Wildman–Crippen MR) is 90.2 cm³/mol. The van der Waals surface area contributed by atoms with Crippen LogP contribution in [0.4, 0.5) is 4.79 Å². The molecular formula is C16H18N4O3S. The lowest BCUT2D eigenvalue weighted by atomic mass is 9.89. The zero-order valence-electron chi connectivity index (χ0n) is 13.4. The number of urea groups is 1. The van der Waals surface area contributed by atoms with Gasteiger partial charge in [0.25, 0.3) is 11.5 Å². The van der Waals surface area contributed by atoms with Crippen molar-refractivity contribution in [3.05, 3.63) is 27.1 Å². The van der Waals surface area contributed by atoms with Crippen LogP contribution in [0.3, 0.4) is 0 Å². The van der Waals surface area contributed by atoms with E-state index >= 15 is 0 Å². The smallest absolute Gasteiger partial charge is 0.324 e. The molecule has 1 atom stereocenters. The summed E-state index contributed by atoms with van der Waals surface area (Å²) in [7, 11) is 0. The molecule has 2 aromatic rings. The van der Waals surface area contributed by atoms with Gasteiger partial charge in [-0.1, -0.05) is 6.92 Å². The molecule has 4 rings (SSSR count). The van der Waals surface area contributed by atoms with Crippen molar-refractivity contribution in [2.45, 2.75) is 32.7 Å². The molecule has 3 amide bonds. The third-order valence-electron chi connectivity index (χ3n) is 4.75. The van der Waals surface area contributed by atoms with E-state index in [-0.39, 0.29) is 18.0 Å². The molecule has 1 fully saturated rings. The summed E-state index contributed by atoms with van der Waals surface area (Å²) in [6.45, 7) is 2.86. The van der Waals surface area contributed by atoms with E-state index in [0.29, 0.717) is 24.4 Å². The summed E-state index contributed by atoms with van der Waals surface area (Å²) in [5.74, 6) is 0.244. The van der Waals surface area contributed by atoms with Gasteiger partial charge in [0.2, 0.25) is 0 Å². The van der Waals surface area contributed by atoms with Crippen molar-refractivity contribution in [2.75, 3.05) is 13.1 Å². The average molecular weight is 346 g/mol. The number of nitrogens with one attached hydrogen (secondary N) is 1. The minimum Gasteiger partial charge on any atom is -0.336 e. The second-order valence-corrected chi connectivity index (χ2v) is 7.57. The molecule has 7 nitrogen and oxygen atoms in total. The van der Waals surface area contributed by atoms with Crippen molar-refractivity contribution in [3.8, 4) is 0 Å². The highest BCUT2D eigenvalue weighted by Crippen LogP contribution is 2.35. The van der Waals surface area contributed by atoms with Gasteiger partial charge in [-0.05, 0) is 30.7 Å². The van der Waals surface area contributed by atoms with Gasteiger partial charge in [0.05, 0.1) is 11.7 Å². The largest absolute Gasteiger partial charge is 0.336 e. The second-order valence-electron chi connectivity index (χ2n) is 6.49. The maximum Gasteiger partial charge on any atom is 0.324 e. The first-order chi connectivity index (χ1) is 11.5. The van der Waals surface area contributed by atoms with Gasteiger partial charge in [-0.3, -0.25) is 19.1 Å². The van der Waals surface area contributed by atoms with Gasteiger partial charge < -0.3 is 5.32 Å². The van der Waals surface area contributed by atoms with Crippen LogP contribution in [0.25, 0.3) is 10.2 Å². The van der Waals surface area contributed by atoms with E-state index in [0.717, 1.165) is 34.6 Å². The molecule has 1 saturated heterocycles. The lowest BCUT2D eigenvalue weighted by Gasteiger charge is -2.17. The molecule has 0 bridgehead atoms. The molecule has 0 radical (unpaired) electrons. The van der Waals surface area contributed by atoms with Gasteiger partial charge in [0, 0.05) is 18.0 Å². The number of thiophene rings is 1. The summed E-state index contributed by atoms with van der Waals surface area (Å²) in [6, 6.07) is -0.399. The Bertz CT molecular complexity index is 901. The lowest BCUT2D eigenvalue weighted by molar-refractivity contribution is -0.128. The Balaban J connectivity index is 1.70. The van der Waals surface area contributed by atoms with Gasteiger partial charge in [0.1, 0.15) is 11.4 Å². The van der Waals surface area contributed by atoms with Crippen molar-refractivity contribution in [3.63, 3.8) is 0 Å². The van der Waals surface area contributed by atoms with Gasteiger partial charge in [-0.15, -0.1) is 11.3 Å². The highest BCUT2D eigenvalue weighted by atomic mass is 32.1. The topological polar surface area (TPSA) is 84.3 Å². The third-order valence-corrected chi connectivity index (χ3v) is 5.91. The number of aryl methyl sites for hydroxylation is 1. The van der Waals surface area contributed by atoms with Crippen molar-refractivity contribution < 1.29 is 9.59 Å². The predicted octanol–water partition coefficient (Wildman–Crippen LogP) is 1.13. The van der Waals surface area contributed by atoms with E-state index < -0.39 is 6.03 Å². The summed E-state index contributed by atoms with van der Waals surface area (Å²) in [5.41, 5.74) is 0.923. The third kappa shape index (κ3) is 2.41. The number of carbonyl (C=O) groups is 2. The van der Waals surface area contributed by atoms with E-state index in [1.54, 1.807) is 11.3 Å². The molecular weight excluding hydrogens is 328 g/mol. The van der Waals surface area contributed by atoms with Crippen molar-refractivity contribution in [1.29, 1.82) is 0 Å². The maximum absolute atomic E-state index is 12.8. The fourth-order valence-corrected chi connectivity index (χ4v) is 4.76. The molecule has 1 aliphatic heterocycles. The van der Waals surface area contributed by atoms with Crippen LogP contribution in [0, 0.1) is 5.92 Å². The fourth-order valence-electron chi connectivity index (χ4n) is 3.42. The van der Waals surface area contributed by atoms with Crippen LogP contribution in [-0.2, 0) is 24.2 Å². The van der Waals surface area contributed by atoms with E-state index in [1.165, 1.54) is 15.8 Å². The minimum atomic E-state index is -0.399. The van der Waals surface area contributed by atoms with Crippen LogP contribution >= 0.6 is 11.3 Å². The zero-order chi connectivity index (χ0) is 16.8. The first-order valence-electron chi connectivity index (χ1n) is 8.12. The van der Waals surface area contributed by atoms with Crippen LogP contribution in [0.2, 0.25) is 0 Å². The summed E-state index contributed by atoms with van der Waals surface area (Å²) in [5, 5.41) is 3.24. The Morgan fingerprint density at radius 3 is 3.04 bits per heavy atom. The van der Waals surface area contributed by atoms with Crippen LogP contribution in [0.15, 0.2) is 11.1 Å². The Labute approximate surface area is 142 Å². The van der Waals surface area contributed by atoms with Crippen LogP contribution in [0.1, 0.15) is 23.8 Å². The van der Waals surface area contributed by atoms with Gasteiger partial charge in [-0.25, -0.2) is 9.78 Å². The first kappa shape index (κ1) is 15.3. The molecule has 0 aromatic carbocycles. The standard InChI is InChI=1S/C16H18N4O3S/c1-9-2-3-10-11(6-9)24-14-13(10)15(22)19(8-18-14)7-12(21)20-5-4-17-16(20)23/h8-9H,2-7H2,1H3,(H,17,23). The molecule has 0 spiro atoms. The molecule has 24 heavy (non-hydrogen) atoms. The molecule has 0 saturated carbocycles. The van der Waals surface area contributed by atoms with Crippen LogP contribution in [0.5, 0.6) is 0 Å². The van der Waals surface area contributed by atoms with Gasteiger partial charge in [0.15, 0.2) is 0 Å². The van der Waals surface area contributed by atoms with E-state index in [1.807, 2.05) is 0 Å². The summed E-state index contributed by atoms with van der Waals surface area (Å²) in [4.78, 5) is 44.2. The highest BCUT2D eigenvalue weighted by molar-refractivity contribution is 7.18. The number of nitrogens with zero attached hydrogens (tertiary/aromatic N) is 3. The van der Waals surface area contributed by atoms with Crippen molar-refractivity contribution >= 4 is 33.5 Å². The number of carbonyl (C=O) groups excluding carboxylic acids is 2. The second kappa shape index (κ2) is 5.70. The van der Waals surface area contributed by atoms with E-state index in [4.69, 9.17) is 0 Å². The first-order valence-corrected chi connectivity index (χ1v) is 8.94. The summed E-state index contributed by atoms with van der Waals surface area (Å²) >= 11 is 1.59. The van der Waals surface area contributed by atoms with E-state index in [2.05, 4.69) is 17.2 Å². The van der Waals surface area contributed by atoms with E-state index in [9.17, 15) is 14.4 Å². The highest BCUT2D eigenvalue weighted by Gasteiger charge is 2.27. The number of hydrogen-bond acceptors (Lipinski definition) is 5. The summed E-state index contributed by atoms with van der Waals surface area (Å²) in [6.07, 6.45) is 4.37. The quantitative estimate of drug-likeness (QED) is 0.884. The monoisotopic (exact) mass is 346 g/mol. The number of hydrogen-bond donors (Lipinski definition) is 1. The van der Waals surface area contributed by atoms with Crippen molar-refractivity contribution in [2.24, 2.45) is 5.92 Å². The Morgan fingerprint density at radius 1 is 1.46 bits per heavy atom. The Kier molecular flexibility index (Phi) is 3.64. The molecule has 3 heterocycles. The molecule has 126 valence electrons. The van der Waals surface area contributed by atoms with Crippen LogP contribution in [-0.4, -0.2) is 39.5 Å². The number of rotatable bonds is 2. The molecule has 2 aliphatic rings. The normalized spacial score (nSPS) is 20.3. The molecule has 1 unspecified atom stereocenters. The van der Waals surface area contributed by atoms with Gasteiger partial charge >= 0.3 is 6.03 Å². The van der Waals surface area contributed by atoms with Crippen molar-refractivity contribution in [1.82, 2.24) is 19.8 Å². The maximum atomic E-state index is 12.8. The minimum absolute atomic E-state index is 0.157. The average Bonchev–Trinajstić information content (AvgIpc) is 3.13.